The third-order valence-electron chi connectivity index (χ3n) is 6.11. The summed E-state index contributed by atoms with van der Waals surface area (Å²) in [4.78, 5) is 0. The van der Waals surface area contributed by atoms with Gasteiger partial charge in [-0.25, -0.2) is 0 Å². The second-order valence-electron chi connectivity index (χ2n) is 8.74. The van der Waals surface area contributed by atoms with Gasteiger partial charge in [0.05, 0.1) is 0 Å². The van der Waals surface area contributed by atoms with Gasteiger partial charge >= 0.3 is 0 Å². The first-order chi connectivity index (χ1) is 8.33. The quantitative estimate of drug-likeness (QED) is 0.571. The van der Waals surface area contributed by atoms with Crippen LogP contribution in [0.2, 0.25) is 0 Å². The molecule has 2 aliphatic rings. The van der Waals surface area contributed by atoms with Crippen LogP contribution in [0.15, 0.2) is 0 Å². The van der Waals surface area contributed by atoms with Crippen molar-refractivity contribution >= 4 is 0 Å². The van der Waals surface area contributed by atoms with Crippen LogP contribution in [0.25, 0.3) is 0 Å². The molecule has 0 nitrogen and oxygen atoms in total. The molecule has 0 saturated heterocycles. The third kappa shape index (κ3) is 3.31. The second kappa shape index (κ2) is 5.17. The molecule has 3 atom stereocenters. The van der Waals surface area contributed by atoms with Crippen molar-refractivity contribution in [1.29, 1.82) is 0 Å². The van der Waals surface area contributed by atoms with Crippen LogP contribution in [0.5, 0.6) is 0 Å². The monoisotopic (exact) mass is 250 g/mol. The van der Waals surface area contributed by atoms with Crippen LogP contribution in [0.1, 0.15) is 86.0 Å². The molecule has 106 valence electrons. The Morgan fingerprint density at radius 2 is 1.83 bits per heavy atom. The van der Waals surface area contributed by atoms with Crippen molar-refractivity contribution in [1.82, 2.24) is 0 Å². The Balaban J connectivity index is 2.05. The lowest BCUT2D eigenvalue weighted by molar-refractivity contribution is 0.161. The van der Waals surface area contributed by atoms with E-state index in [1.807, 2.05) is 0 Å². The van der Waals surface area contributed by atoms with Crippen LogP contribution in [0.3, 0.4) is 0 Å². The first kappa shape index (κ1) is 14.4. The number of rotatable bonds is 3. The largest absolute Gasteiger partial charge is 0.0649 e. The fourth-order valence-electron chi connectivity index (χ4n) is 4.62. The van der Waals surface area contributed by atoms with Crippen LogP contribution >= 0.6 is 0 Å². The van der Waals surface area contributed by atoms with E-state index in [1.165, 1.54) is 51.4 Å². The van der Waals surface area contributed by atoms with Gasteiger partial charge in [0.25, 0.3) is 0 Å². The van der Waals surface area contributed by atoms with Crippen molar-refractivity contribution < 1.29 is 0 Å². The summed E-state index contributed by atoms with van der Waals surface area (Å²) in [5.74, 6) is 3.15. The summed E-state index contributed by atoms with van der Waals surface area (Å²) in [6, 6.07) is 0. The molecule has 2 saturated carbocycles. The maximum absolute atomic E-state index is 2.51. The molecule has 0 radical (unpaired) electrons. The van der Waals surface area contributed by atoms with E-state index < -0.39 is 0 Å². The summed E-state index contributed by atoms with van der Waals surface area (Å²) in [5.41, 5.74) is 1.17. The molecule has 2 rings (SSSR count). The van der Waals surface area contributed by atoms with Gasteiger partial charge in [-0.1, -0.05) is 53.9 Å². The number of fused-ring (bicyclic) bond motifs is 1. The van der Waals surface area contributed by atoms with E-state index in [0.717, 1.165) is 17.8 Å². The van der Waals surface area contributed by atoms with E-state index in [1.54, 1.807) is 0 Å². The molecule has 18 heavy (non-hydrogen) atoms. The van der Waals surface area contributed by atoms with E-state index in [2.05, 4.69) is 34.6 Å². The lowest BCUT2D eigenvalue weighted by Crippen LogP contribution is -2.24. The topological polar surface area (TPSA) is 0 Å². The Labute approximate surface area is 115 Å². The van der Waals surface area contributed by atoms with Crippen molar-refractivity contribution in [2.24, 2.45) is 28.6 Å². The summed E-state index contributed by atoms with van der Waals surface area (Å²) in [6.45, 7) is 12.3. The normalized spacial score (nSPS) is 36.2. The summed E-state index contributed by atoms with van der Waals surface area (Å²) >= 11 is 0. The van der Waals surface area contributed by atoms with Crippen LogP contribution in [-0.4, -0.2) is 0 Å². The maximum Gasteiger partial charge on any atom is -0.0351 e. The minimum absolute atomic E-state index is 0.565. The highest BCUT2D eigenvalue weighted by Crippen LogP contribution is 2.52. The Morgan fingerprint density at radius 1 is 1.11 bits per heavy atom. The lowest BCUT2D eigenvalue weighted by atomic mass is 9.71. The standard InChI is InChI=1S/C18H34/c1-6-17(2,3)12-15-10-9-14-8-7-11-18(4,5)13-16(14)15/h14-16H,6-13H2,1-5H3. The molecule has 0 spiro atoms. The molecular formula is C18H34. The number of hydrogen-bond donors (Lipinski definition) is 0. The molecule has 0 aliphatic heterocycles. The van der Waals surface area contributed by atoms with Crippen LogP contribution in [0, 0.1) is 28.6 Å². The van der Waals surface area contributed by atoms with Crippen molar-refractivity contribution in [3.8, 4) is 0 Å². The summed E-state index contributed by atoms with van der Waals surface area (Å²) < 4.78 is 0. The zero-order valence-corrected chi connectivity index (χ0v) is 13.4. The fourth-order valence-corrected chi connectivity index (χ4v) is 4.62. The van der Waals surface area contributed by atoms with E-state index >= 15 is 0 Å². The molecule has 0 aromatic rings. The Morgan fingerprint density at radius 3 is 2.50 bits per heavy atom. The van der Waals surface area contributed by atoms with Crippen molar-refractivity contribution in [2.45, 2.75) is 86.0 Å². The zero-order chi connectivity index (χ0) is 13.4. The van der Waals surface area contributed by atoms with E-state index in [4.69, 9.17) is 0 Å². The van der Waals surface area contributed by atoms with E-state index in [9.17, 15) is 0 Å². The third-order valence-corrected chi connectivity index (χ3v) is 6.11. The molecule has 3 unspecified atom stereocenters. The smallest absolute Gasteiger partial charge is 0.0351 e. The van der Waals surface area contributed by atoms with Crippen LogP contribution < -0.4 is 0 Å². The minimum atomic E-state index is 0.565. The van der Waals surface area contributed by atoms with Gasteiger partial charge in [0.15, 0.2) is 0 Å². The average molecular weight is 250 g/mol. The summed E-state index contributed by atoms with van der Waals surface area (Å²) in [5, 5.41) is 0. The minimum Gasteiger partial charge on any atom is -0.0649 e. The molecule has 0 amide bonds. The van der Waals surface area contributed by atoms with Crippen LogP contribution in [-0.2, 0) is 0 Å². The molecule has 2 aliphatic carbocycles. The molecule has 2 fully saturated rings. The molecule has 0 aromatic carbocycles. The molecule has 0 heteroatoms. The maximum atomic E-state index is 2.51. The predicted molar refractivity (Wildman–Crippen MR) is 80.6 cm³/mol. The second-order valence-corrected chi connectivity index (χ2v) is 8.74. The molecular weight excluding hydrogens is 216 g/mol. The van der Waals surface area contributed by atoms with Gasteiger partial charge in [-0.2, -0.15) is 0 Å². The first-order valence-corrected chi connectivity index (χ1v) is 8.33. The van der Waals surface area contributed by atoms with E-state index in [-0.39, 0.29) is 0 Å². The van der Waals surface area contributed by atoms with Gasteiger partial charge in [0.1, 0.15) is 0 Å². The number of hydrogen-bond acceptors (Lipinski definition) is 0. The lowest BCUT2D eigenvalue weighted by Gasteiger charge is -2.34. The van der Waals surface area contributed by atoms with E-state index in [0.29, 0.717) is 10.8 Å². The van der Waals surface area contributed by atoms with Crippen LogP contribution in [0.4, 0.5) is 0 Å². The van der Waals surface area contributed by atoms with Gasteiger partial charge in [-0.3, -0.25) is 0 Å². The van der Waals surface area contributed by atoms with Gasteiger partial charge < -0.3 is 0 Å². The Kier molecular flexibility index (Phi) is 4.14. The highest BCUT2D eigenvalue weighted by Gasteiger charge is 2.42. The molecule has 0 N–H and O–H groups in total. The summed E-state index contributed by atoms with van der Waals surface area (Å²) in [7, 11) is 0. The highest BCUT2D eigenvalue weighted by molar-refractivity contribution is 4.92. The first-order valence-electron chi connectivity index (χ1n) is 8.33. The Hall–Kier alpha value is 0. The molecule has 0 bridgehead atoms. The van der Waals surface area contributed by atoms with Gasteiger partial charge in [0.2, 0.25) is 0 Å². The molecule has 0 aromatic heterocycles. The van der Waals surface area contributed by atoms with Crippen molar-refractivity contribution in [3.05, 3.63) is 0 Å². The molecule has 0 heterocycles. The Bertz CT molecular complexity index is 274. The predicted octanol–water partition coefficient (Wildman–Crippen LogP) is 6.06. The van der Waals surface area contributed by atoms with Crippen molar-refractivity contribution in [2.75, 3.05) is 0 Å². The van der Waals surface area contributed by atoms with Gasteiger partial charge in [-0.05, 0) is 60.7 Å². The zero-order valence-electron chi connectivity index (χ0n) is 13.4. The van der Waals surface area contributed by atoms with Gasteiger partial charge in [-0.15, -0.1) is 0 Å². The highest BCUT2D eigenvalue weighted by atomic mass is 14.5. The fraction of sp³-hybridized carbons (Fsp3) is 1.00. The van der Waals surface area contributed by atoms with Gasteiger partial charge in [0, 0.05) is 0 Å². The SMILES string of the molecule is CCC(C)(C)CC1CCC2CCCC(C)(C)CC21. The van der Waals surface area contributed by atoms with Crippen molar-refractivity contribution in [3.63, 3.8) is 0 Å². The average Bonchev–Trinajstić information content (AvgIpc) is 2.54. The summed E-state index contributed by atoms with van der Waals surface area (Å²) in [6.07, 6.45) is 11.8.